The van der Waals surface area contributed by atoms with Crippen LogP contribution in [0.25, 0.3) is 15.9 Å². The van der Waals surface area contributed by atoms with Gasteiger partial charge >= 0.3 is 0 Å². The van der Waals surface area contributed by atoms with Gasteiger partial charge < -0.3 is 10.2 Å². The molecular weight excluding hydrogens is 339 g/mol. The van der Waals surface area contributed by atoms with Gasteiger partial charge in [0.25, 0.3) is 5.91 Å². The highest BCUT2D eigenvalue weighted by molar-refractivity contribution is 7.20. The number of halogens is 1. The Kier molecular flexibility index (Phi) is 5.15. The second kappa shape index (κ2) is 7.33. The summed E-state index contributed by atoms with van der Waals surface area (Å²) in [5.74, 6) is -0.349. The Labute approximate surface area is 150 Å². The van der Waals surface area contributed by atoms with Gasteiger partial charge in [-0.25, -0.2) is 9.07 Å². The third kappa shape index (κ3) is 3.88. The highest BCUT2D eigenvalue weighted by Gasteiger charge is 2.17. The van der Waals surface area contributed by atoms with Crippen molar-refractivity contribution >= 4 is 27.5 Å². The van der Waals surface area contributed by atoms with E-state index in [1.165, 1.54) is 23.5 Å². The lowest BCUT2D eigenvalue weighted by atomic mass is 10.3. The molecule has 7 heteroatoms. The Morgan fingerprint density at radius 2 is 2.04 bits per heavy atom. The van der Waals surface area contributed by atoms with Gasteiger partial charge in [0, 0.05) is 11.9 Å². The van der Waals surface area contributed by atoms with Crippen molar-refractivity contribution in [3.05, 3.63) is 46.7 Å². The lowest BCUT2D eigenvalue weighted by Crippen LogP contribution is -2.26. The largest absolute Gasteiger partial charge is 0.351 e. The minimum absolute atomic E-state index is 0.0648. The number of nitrogens with one attached hydrogen (secondary N) is 1. The van der Waals surface area contributed by atoms with Gasteiger partial charge in [-0.05, 0) is 64.3 Å². The van der Waals surface area contributed by atoms with Gasteiger partial charge in [0.2, 0.25) is 0 Å². The van der Waals surface area contributed by atoms with Crippen molar-refractivity contribution in [3.63, 3.8) is 0 Å². The molecule has 0 bridgehead atoms. The Hall–Kier alpha value is -2.25. The maximum absolute atomic E-state index is 13.1. The minimum atomic E-state index is -0.284. The summed E-state index contributed by atoms with van der Waals surface area (Å²) in [5, 5.41) is 8.42. The number of carbonyl (C=O) groups is 1. The van der Waals surface area contributed by atoms with Crippen molar-refractivity contribution in [2.75, 3.05) is 27.2 Å². The van der Waals surface area contributed by atoms with E-state index in [9.17, 15) is 9.18 Å². The average Bonchev–Trinajstić information content (AvgIpc) is 3.13. The van der Waals surface area contributed by atoms with Crippen LogP contribution in [0.15, 0.2) is 30.3 Å². The van der Waals surface area contributed by atoms with Crippen LogP contribution in [-0.4, -0.2) is 47.8 Å². The van der Waals surface area contributed by atoms with E-state index in [1.54, 1.807) is 16.8 Å². The van der Waals surface area contributed by atoms with Gasteiger partial charge in [0.1, 0.15) is 10.6 Å². The number of rotatable bonds is 6. The fraction of sp³-hybridized carbons (Fsp3) is 0.333. The van der Waals surface area contributed by atoms with Gasteiger partial charge in [-0.1, -0.05) is 0 Å². The molecule has 3 rings (SSSR count). The van der Waals surface area contributed by atoms with Crippen molar-refractivity contribution in [3.8, 4) is 5.69 Å². The summed E-state index contributed by atoms with van der Waals surface area (Å²) in [5.41, 5.74) is 1.63. The Morgan fingerprint density at radius 1 is 1.32 bits per heavy atom. The Morgan fingerprint density at radius 3 is 2.72 bits per heavy atom. The number of thiophene rings is 1. The number of hydrogen-bond donors (Lipinski definition) is 1. The first-order valence-corrected chi connectivity index (χ1v) is 8.95. The molecule has 0 radical (unpaired) electrons. The summed E-state index contributed by atoms with van der Waals surface area (Å²) in [4.78, 5) is 16.0. The van der Waals surface area contributed by atoms with E-state index in [1.807, 2.05) is 27.1 Å². The van der Waals surface area contributed by atoms with Crippen LogP contribution in [0, 0.1) is 12.7 Å². The minimum Gasteiger partial charge on any atom is -0.351 e. The SMILES string of the molecule is Cc1nn(-c2ccc(F)cc2)c2sc(C(=O)NCCCN(C)C)cc12. The van der Waals surface area contributed by atoms with Gasteiger partial charge in [-0.3, -0.25) is 4.79 Å². The smallest absolute Gasteiger partial charge is 0.261 e. The monoisotopic (exact) mass is 360 g/mol. The van der Waals surface area contributed by atoms with Crippen molar-refractivity contribution in [1.82, 2.24) is 20.0 Å². The quantitative estimate of drug-likeness (QED) is 0.687. The summed E-state index contributed by atoms with van der Waals surface area (Å²) in [7, 11) is 4.02. The first-order chi connectivity index (χ1) is 12.0. The first-order valence-electron chi connectivity index (χ1n) is 8.14. The van der Waals surface area contributed by atoms with Crippen LogP contribution in [0.1, 0.15) is 21.8 Å². The summed E-state index contributed by atoms with van der Waals surface area (Å²) in [6.07, 6.45) is 0.909. The molecule has 0 saturated heterocycles. The lowest BCUT2D eigenvalue weighted by molar-refractivity contribution is 0.0956. The third-order valence-electron chi connectivity index (χ3n) is 3.91. The summed E-state index contributed by atoms with van der Waals surface area (Å²) >= 11 is 1.40. The molecule has 2 heterocycles. The molecule has 1 aromatic carbocycles. The summed E-state index contributed by atoms with van der Waals surface area (Å²) in [6.45, 7) is 3.49. The number of nitrogens with zero attached hydrogens (tertiary/aromatic N) is 3. The second-order valence-corrected chi connectivity index (χ2v) is 7.25. The standard InChI is InChI=1S/C18H21FN4OS/c1-12-15-11-16(17(24)20-9-4-10-22(2)3)25-18(15)23(21-12)14-7-5-13(19)6-8-14/h5-8,11H,4,9-10H2,1-3H3,(H,20,24). The highest BCUT2D eigenvalue weighted by Crippen LogP contribution is 2.30. The fourth-order valence-electron chi connectivity index (χ4n) is 2.60. The number of hydrogen-bond acceptors (Lipinski definition) is 4. The second-order valence-electron chi connectivity index (χ2n) is 6.22. The zero-order valence-corrected chi connectivity index (χ0v) is 15.4. The molecule has 0 saturated carbocycles. The van der Waals surface area contributed by atoms with Crippen LogP contribution in [0.5, 0.6) is 0 Å². The molecule has 1 amide bonds. The normalized spacial score (nSPS) is 11.4. The maximum Gasteiger partial charge on any atom is 0.261 e. The van der Waals surface area contributed by atoms with Crippen LogP contribution in [0.2, 0.25) is 0 Å². The predicted octanol–water partition coefficient (Wildman–Crippen LogP) is 3.22. The van der Waals surface area contributed by atoms with E-state index in [-0.39, 0.29) is 11.7 Å². The van der Waals surface area contributed by atoms with E-state index in [4.69, 9.17) is 0 Å². The molecule has 0 aliphatic heterocycles. The molecule has 0 aliphatic carbocycles. The number of carbonyl (C=O) groups excluding carboxylic acids is 1. The van der Waals surface area contributed by atoms with Gasteiger partial charge in [0.05, 0.1) is 16.3 Å². The molecule has 0 spiro atoms. The predicted molar refractivity (Wildman–Crippen MR) is 99.1 cm³/mol. The van der Waals surface area contributed by atoms with E-state index < -0.39 is 0 Å². The molecule has 3 aromatic rings. The molecule has 5 nitrogen and oxygen atoms in total. The molecule has 132 valence electrons. The van der Waals surface area contributed by atoms with Gasteiger partial charge in [-0.15, -0.1) is 11.3 Å². The topological polar surface area (TPSA) is 50.2 Å². The van der Waals surface area contributed by atoms with Crippen LogP contribution >= 0.6 is 11.3 Å². The van der Waals surface area contributed by atoms with Crippen LogP contribution in [-0.2, 0) is 0 Å². The molecular formula is C18H21FN4OS. The van der Waals surface area contributed by atoms with Crippen molar-refractivity contribution < 1.29 is 9.18 Å². The molecule has 0 unspecified atom stereocenters. The summed E-state index contributed by atoms with van der Waals surface area (Å²) in [6, 6.07) is 8.06. The Balaban J connectivity index is 1.81. The lowest BCUT2D eigenvalue weighted by Gasteiger charge is -2.09. The molecule has 1 N–H and O–H groups in total. The van der Waals surface area contributed by atoms with Gasteiger partial charge in [-0.2, -0.15) is 5.10 Å². The zero-order valence-electron chi connectivity index (χ0n) is 14.5. The van der Waals surface area contributed by atoms with Crippen molar-refractivity contribution in [1.29, 1.82) is 0 Å². The molecule has 0 fully saturated rings. The summed E-state index contributed by atoms with van der Waals surface area (Å²) < 4.78 is 14.9. The van der Waals surface area contributed by atoms with E-state index >= 15 is 0 Å². The molecule has 0 aliphatic rings. The number of amides is 1. The third-order valence-corrected chi connectivity index (χ3v) is 5.02. The molecule has 0 atom stereocenters. The molecule has 2 aromatic heterocycles. The van der Waals surface area contributed by atoms with Gasteiger partial charge in [0.15, 0.2) is 0 Å². The average molecular weight is 360 g/mol. The first kappa shape index (κ1) is 17.6. The fourth-order valence-corrected chi connectivity index (χ4v) is 3.70. The number of benzene rings is 1. The number of aryl methyl sites for hydroxylation is 1. The molecule has 25 heavy (non-hydrogen) atoms. The highest BCUT2D eigenvalue weighted by atomic mass is 32.1. The van der Waals surface area contributed by atoms with Crippen molar-refractivity contribution in [2.24, 2.45) is 0 Å². The van der Waals surface area contributed by atoms with E-state index in [0.29, 0.717) is 11.4 Å². The van der Waals surface area contributed by atoms with Crippen molar-refractivity contribution in [2.45, 2.75) is 13.3 Å². The zero-order chi connectivity index (χ0) is 18.0. The maximum atomic E-state index is 13.1. The van der Waals surface area contributed by atoms with Crippen LogP contribution in [0.4, 0.5) is 4.39 Å². The number of aromatic nitrogens is 2. The van der Waals surface area contributed by atoms with Crippen LogP contribution < -0.4 is 5.32 Å². The number of fused-ring (bicyclic) bond motifs is 1. The van der Waals surface area contributed by atoms with E-state index in [0.717, 1.165) is 34.6 Å². The van der Waals surface area contributed by atoms with Crippen LogP contribution in [0.3, 0.4) is 0 Å². The Bertz CT molecular complexity index is 883. The van der Waals surface area contributed by atoms with E-state index in [2.05, 4.69) is 15.3 Å².